The van der Waals surface area contributed by atoms with Crippen molar-refractivity contribution in [2.24, 2.45) is 5.73 Å². The molecular formula is C11H16FNOS. The summed E-state index contributed by atoms with van der Waals surface area (Å²) in [7, 11) is -1.01. The largest absolute Gasteiger partial charge is 0.327 e. The third-order valence-corrected chi connectivity index (χ3v) is 3.61. The van der Waals surface area contributed by atoms with Crippen LogP contribution in [0.4, 0.5) is 4.39 Å². The predicted octanol–water partition coefficient (Wildman–Crippen LogP) is 1.73. The van der Waals surface area contributed by atoms with Gasteiger partial charge in [0.15, 0.2) is 0 Å². The normalized spacial score (nSPS) is 14.9. The third kappa shape index (κ3) is 4.10. The highest BCUT2D eigenvalue weighted by molar-refractivity contribution is 7.84. The summed E-state index contributed by atoms with van der Waals surface area (Å²) in [6, 6.07) is 4.47. The number of halogens is 1. The third-order valence-electron chi connectivity index (χ3n) is 2.08. The highest BCUT2D eigenvalue weighted by Crippen LogP contribution is 2.12. The van der Waals surface area contributed by atoms with Crippen LogP contribution in [0, 0.1) is 12.7 Å². The van der Waals surface area contributed by atoms with Gasteiger partial charge in [0.2, 0.25) is 0 Å². The van der Waals surface area contributed by atoms with Crippen molar-refractivity contribution < 1.29 is 8.60 Å². The fourth-order valence-corrected chi connectivity index (χ4v) is 2.68. The minimum Gasteiger partial charge on any atom is -0.327 e. The molecule has 0 saturated heterocycles. The molecule has 84 valence electrons. The molecule has 0 amide bonds. The molecule has 2 unspecified atom stereocenters. The van der Waals surface area contributed by atoms with Crippen molar-refractivity contribution in [3.63, 3.8) is 0 Å². The summed E-state index contributed by atoms with van der Waals surface area (Å²) in [5.41, 5.74) is 7.31. The van der Waals surface area contributed by atoms with E-state index < -0.39 is 10.8 Å². The highest BCUT2D eigenvalue weighted by Gasteiger charge is 2.07. The second-order valence-corrected chi connectivity index (χ2v) is 5.30. The molecule has 0 aromatic heterocycles. The van der Waals surface area contributed by atoms with Crippen molar-refractivity contribution >= 4 is 10.8 Å². The topological polar surface area (TPSA) is 43.1 Å². The zero-order valence-corrected chi connectivity index (χ0v) is 9.81. The first-order valence-corrected chi connectivity index (χ1v) is 6.33. The standard InChI is InChI=1S/C11H16FNOS/c1-8-3-4-11(12)5-10(8)7-15(14)6-9(2)13/h3-5,9H,6-7,13H2,1-2H3. The number of hydrogen-bond acceptors (Lipinski definition) is 2. The Kier molecular flexibility index (Phi) is 4.42. The van der Waals surface area contributed by atoms with Gasteiger partial charge in [-0.15, -0.1) is 0 Å². The van der Waals surface area contributed by atoms with Crippen LogP contribution in [0.15, 0.2) is 18.2 Å². The van der Waals surface area contributed by atoms with E-state index in [4.69, 9.17) is 5.73 Å². The SMILES string of the molecule is Cc1ccc(F)cc1CS(=O)CC(C)N. The second-order valence-electron chi connectivity index (χ2n) is 3.80. The number of rotatable bonds is 4. The lowest BCUT2D eigenvalue weighted by atomic mass is 10.1. The lowest BCUT2D eigenvalue weighted by molar-refractivity contribution is 0.625. The van der Waals surface area contributed by atoms with Crippen LogP contribution in [-0.2, 0) is 16.6 Å². The molecule has 0 fully saturated rings. The molecule has 1 aromatic carbocycles. The summed E-state index contributed by atoms with van der Waals surface area (Å²) < 4.78 is 24.5. The predicted molar refractivity (Wildman–Crippen MR) is 61.5 cm³/mol. The van der Waals surface area contributed by atoms with Crippen LogP contribution in [0.1, 0.15) is 18.1 Å². The Morgan fingerprint density at radius 1 is 1.53 bits per heavy atom. The molecule has 0 heterocycles. The summed E-state index contributed by atoms with van der Waals surface area (Å²) in [5, 5.41) is 0. The van der Waals surface area contributed by atoms with Crippen LogP contribution >= 0.6 is 0 Å². The quantitative estimate of drug-likeness (QED) is 0.854. The number of nitrogens with two attached hydrogens (primary N) is 1. The summed E-state index contributed by atoms with van der Waals surface area (Å²) in [6.45, 7) is 3.70. The maximum Gasteiger partial charge on any atom is 0.123 e. The van der Waals surface area contributed by atoms with Gasteiger partial charge >= 0.3 is 0 Å². The average Bonchev–Trinajstić information content (AvgIpc) is 2.10. The van der Waals surface area contributed by atoms with Crippen molar-refractivity contribution in [1.29, 1.82) is 0 Å². The van der Waals surface area contributed by atoms with Gasteiger partial charge in [0.25, 0.3) is 0 Å². The van der Waals surface area contributed by atoms with E-state index in [1.165, 1.54) is 12.1 Å². The molecule has 0 radical (unpaired) electrons. The minimum atomic E-state index is -1.01. The molecule has 0 aliphatic heterocycles. The molecule has 1 rings (SSSR count). The molecule has 2 nitrogen and oxygen atoms in total. The second kappa shape index (κ2) is 5.37. The van der Waals surface area contributed by atoms with Gasteiger partial charge in [-0.05, 0) is 37.1 Å². The van der Waals surface area contributed by atoms with E-state index in [1.807, 2.05) is 13.8 Å². The highest BCUT2D eigenvalue weighted by atomic mass is 32.2. The van der Waals surface area contributed by atoms with Crippen LogP contribution in [0.5, 0.6) is 0 Å². The summed E-state index contributed by atoms with van der Waals surface area (Å²) in [4.78, 5) is 0. The Hall–Kier alpha value is -0.740. The molecule has 0 spiro atoms. The van der Waals surface area contributed by atoms with Gasteiger partial charge in [0.05, 0.1) is 0 Å². The lowest BCUT2D eigenvalue weighted by Gasteiger charge is -2.07. The molecule has 0 aliphatic rings. The molecule has 0 aliphatic carbocycles. The van der Waals surface area contributed by atoms with Crippen LogP contribution in [0.3, 0.4) is 0 Å². The smallest absolute Gasteiger partial charge is 0.123 e. The summed E-state index contributed by atoms with van der Waals surface area (Å²) in [6.07, 6.45) is 0. The van der Waals surface area contributed by atoms with E-state index in [-0.39, 0.29) is 11.9 Å². The van der Waals surface area contributed by atoms with Gasteiger partial charge in [-0.3, -0.25) is 4.21 Å². The molecule has 0 bridgehead atoms. The van der Waals surface area contributed by atoms with E-state index in [0.717, 1.165) is 11.1 Å². The minimum absolute atomic E-state index is 0.0836. The Labute approximate surface area is 92.1 Å². The van der Waals surface area contributed by atoms with Gasteiger partial charge < -0.3 is 5.73 Å². The van der Waals surface area contributed by atoms with Crippen LogP contribution < -0.4 is 5.73 Å². The summed E-state index contributed by atoms with van der Waals surface area (Å²) in [5.74, 6) is 0.551. The van der Waals surface area contributed by atoms with E-state index in [1.54, 1.807) is 6.07 Å². The molecular weight excluding hydrogens is 213 g/mol. The van der Waals surface area contributed by atoms with Crippen LogP contribution in [0.25, 0.3) is 0 Å². The van der Waals surface area contributed by atoms with Crippen molar-refractivity contribution in [2.75, 3.05) is 5.75 Å². The van der Waals surface area contributed by atoms with Gasteiger partial charge in [-0.2, -0.15) is 0 Å². The Morgan fingerprint density at radius 2 is 2.20 bits per heavy atom. The monoisotopic (exact) mass is 229 g/mol. The van der Waals surface area contributed by atoms with Crippen LogP contribution in [0.2, 0.25) is 0 Å². The fraction of sp³-hybridized carbons (Fsp3) is 0.455. The first-order chi connectivity index (χ1) is 6.99. The number of aryl methyl sites for hydroxylation is 1. The van der Waals surface area contributed by atoms with E-state index in [0.29, 0.717) is 11.5 Å². The summed E-state index contributed by atoms with van der Waals surface area (Å²) >= 11 is 0. The molecule has 4 heteroatoms. The molecule has 1 aromatic rings. The molecule has 2 N–H and O–H groups in total. The van der Waals surface area contributed by atoms with Crippen LogP contribution in [-0.4, -0.2) is 16.0 Å². The van der Waals surface area contributed by atoms with Crippen molar-refractivity contribution in [1.82, 2.24) is 0 Å². The van der Waals surface area contributed by atoms with Gasteiger partial charge in [-0.1, -0.05) is 6.07 Å². The Bertz CT molecular complexity index is 366. The number of benzene rings is 1. The van der Waals surface area contributed by atoms with E-state index in [9.17, 15) is 8.60 Å². The lowest BCUT2D eigenvalue weighted by Crippen LogP contribution is -2.23. The Balaban J connectivity index is 2.71. The maximum atomic E-state index is 12.9. The van der Waals surface area contributed by atoms with Gasteiger partial charge in [-0.25, -0.2) is 4.39 Å². The first kappa shape index (κ1) is 12.3. The van der Waals surface area contributed by atoms with Crippen molar-refractivity contribution in [3.8, 4) is 0 Å². The maximum absolute atomic E-state index is 12.9. The average molecular weight is 229 g/mol. The zero-order chi connectivity index (χ0) is 11.4. The van der Waals surface area contributed by atoms with Crippen molar-refractivity contribution in [3.05, 3.63) is 35.1 Å². The fourth-order valence-electron chi connectivity index (χ4n) is 1.32. The van der Waals surface area contributed by atoms with Gasteiger partial charge in [0, 0.05) is 28.3 Å². The number of hydrogen-bond donors (Lipinski definition) is 1. The van der Waals surface area contributed by atoms with E-state index >= 15 is 0 Å². The van der Waals surface area contributed by atoms with Crippen molar-refractivity contribution in [2.45, 2.75) is 25.6 Å². The Morgan fingerprint density at radius 3 is 2.80 bits per heavy atom. The molecule has 2 atom stereocenters. The molecule has 15 heavy (non-hydrogen) atoms. The van der Waals surface area contributed by atoms with Gasteiger partial charge in [0.1, 0.15) is 5.82 Å². The first-order valence-electron chi connectivity index (χ1n) is 4.84. The van der Waals surface area contributed by atoms with E-state index in [2.05, 4.69) is 0 Å². The molecule has 0 saturated carbocycles. The zero-order valence-electron chi connectivity index (χ0n) is 9.00.